The number of hydrogen-bond donors (Lipinski definition) is 1. The third-order valence-electron chi connectivity index (χ3n) is 3.90. The normalized spacial score (nSPS) is 10.2. The van der Waals surface area contributed by atoms with Crippen LogP contribution in [-0.4, -0.2) is 14.8 Å². The topological polar surface area (TPSA) is 149 Å². The molecule has 132 valence electrons. The van der Waals surface area contributed by atoms with Gasteiger partial charge in [0.15, 0.2) is 0 Å². The Labute approximate surface area is 152 Å². The fourth-order valence-corrected chi connectivity index (χ4v) is 2.60. The van der Waals surface area contributed by atoms with E-state index in [1.807, 2.05) is 6.07 Å². The summed E-state index contributed by atoms with van der Waals surface area (Å²) in [4.78, 5) is 25.0. The van der Waals surface area contributed by atoms with Crippen molar-refractivity contribution in [3.8, 4) is 28.5 Å². The number of hydrogen-bond acceptors (Lipinski definition) is 7. The maximum atomic E-state index is 11.0. The zero-order valence-electron chi connectivity index (χ0n) is 13.7. The van der Waals surface area contributed by atoms with Crippen molar-refractivity contribution in [1.82, 2.24) is 4.98 Å². The largest absolute Gasteiger partial charge is 0.383 e. The Bertz CT molecular complexity index is 1100. The molecule has 9 heteroatoms. The number of non-ortho nitro benzene ring substituents is 2. The Morgan fingerprint density at radius 3 is 2.19 bits per heavy atom. The Hall–Kier alpha value is -4.32. The molecule has 1 aromatic heterocycles. The number of pyridine rings is 1. The molecular formula is C18H11N5O4. The maximum Gasteiger partial charge on any atom is 0.270 e. The van der Waals surface area contributed by atoms with E-state index < -0.39 is 9.85 Å². The molecule has 0 aliphatic heterocycles. The van der Waals surface area contributed by atoms with Crippen molar-refractivity contribution in [2.45, 2.75) is 0 Å². The fourth-order valence-electron chi connectivity index (χ4n) is 2.60. The first-order valence-corrected chi connectivity index (χ1v) is 7.61. The molecule has 0 saturated carbocycles. The fraction of sp³-hybridized carbons (Fsp3) is 0. The number of nitrogens with two attached hydrogens (primary N) is 1. The predicted octanol–water partition coefficient (Wildman–Crippen LogP) is 3.69. The molecule has 3 rings (SSSR count). The molecule has 0 spiro atoms. The number of aromatic nitrogens is 1. The maximum absolute atomic E-state index is 11.0. The van der Waals surface area contributed by atoms with Crippen LogP contribution in [0.15, 0.2) is 54.6 Å². The number of nitriles is 1. The summed E-state index contributed by atoms with van der Waals surface area (Å²) >= 11 is 0. The van der Waals surface area contributed by atoms with Gasteiger partial charge < -0.3 is 5.73 Å². The van der Waals surface area contributed by atoms with Crippen LogP contribution in [0.3, 0.4) is 0 Å². The summed E-state index contributed by atoms with van der Waals surface area (Å²) in [6.45, 7) is 0. The highest BCUT2D eigenvalue weighted by atomic mass is 16.6. The lowest BCUT2D eigenvalue weighted by molar-refractivity contribution is -0.385. The van der Waals surface area contributed by atoms with Gasteiger partial charge in [-0.15, -0.1) is 0 Å². The third kappa shape index (κ3) is 3.40. The monoisotopic (exact) mass is 361 g/mol. The molecular weight excluding hydrogens is 350 g/mol. The molecule has 0 fully saturated rings. The van der Waals surface area contributed by atoms with E-state index >= 15 is 0 Å². The average Bonchev–Trinajstić information content (AvgIpc) is 2.67. The second kappa shape index (κ2) is 6.89. The number of benzene rings is 2. The molecule has 0 amide bonds. The third-order valence-corrected chi connectivity index (χ3v) is 3.90. The molecule has 27 heavy (non-hydrogen) atoms. The molecule has 3 aromatic rings. The lowest BCUT2D eigenvalue weighted by Crippen LogP contribution is -2.00. The second-order valence-electron chi connectivity index (χ2n) is 5.54. The van der Waals surface area contributed by atoms with E-state index in [0.29, 0.717) is 22.4 Å². The molecule has 0 aliphatic carbocycles. The van der Waals surface area contributed by atoms with Crippen LogP contribution >= 0.6 is 0 Å². The second-order valence-corrected chi connectivity index (χ2v) is 5.54. The highest BCUT2D eigenvalue weighted by Crippen LogP contribution is 2.33. The van der Waals surface area contributed by atoms with Crippen molar-refractivity contribution in [2.75, 3.05) is 5.73 Å². The van der Waals surface area contributed by atoms with E-state index in [9.17, 15) is 25.5 Å². The van der Waals surface area contributed by atoms with Crippen molar-refractivity contribution in [1.29, 1.82) is 5.26 Å². The van der Waals surface area contributed by atoms with Crippen molar-refractivity contribution < 1.29 is 9.85 Å². The minimum atomic E-state index is -0.530. The number of rotatable bonds is 4. The molecule has 1 heterocycles. The zero-order chi connectivity index (χ0) is 19.6. The summed E-state index contributed by atoms with van der Waals surface area (Å²) in [7, 11) is 0. The molecule has 0 saturated heterocycles. The predicted molar refractivity (Wildman–Crippen MR) is 97.5 cm³/mol. The first-order chi connectivity index (χ1) is 12.9. The first-order valence-electron chi connectivity index (χ1n) is 7.61. The molecule has 0 atom stereocenters. The van der Waals surface area contributed by atoms with Crippen LogP contribution in [-0.2, 0) is 0 Å². The van der Waals surface area contributed by atoms with E-state index in [1.54, 1.807) is 12.1 Å². The number of nitrogen functional groups attached to an aromatic ring is 1. The quantitative estimate of drug-likeness (QED) is 0.550. The standard InChI is InChI=1S/C18H11N5O4/c19-10-16-15(12-2-1-3-14(8-12)23(26)27)9-17(21-18(16)20)11-4-6-13(7-5-11)22(24)25/h1-9H,(H2,20,21). The molecule has 9 nitrogen and oxygen atoms in total. The summed E-state index contributed by atoms with van der Waals surface area (Å²) in [5.74, 6) is -0.0325. The molecule has 0 unspecified atom stereocenters. The summed E-state index contributed by atoms with van der Waals surface area (Å²) in [6, 6.07) is 15.1. The average molecular weight is 361 g/mol. The minimum Gasteiger partial charge on any atom is -0.383 e. The SMILES string of the molecule is N#Cc1c(-c2cccc([N+](=O)[O-])c2)cc(-c2ccc([N+](=O)[O-])cc2)nc1N. The number of nitro groups is 2. The lowest BCUT2D eigenvalue weighted by atomic mass is 9.98. The van der Waals surface area contributed by atoms with Gasteiger partial charge in [-0.1, -0.05) is 12.1 Å². The van der Waals surface area contributed by atoms with Crippen molar-refractivity contribution in [3.05, 3.63) is 80.4 Å². The van der Waals surface area contributed by atoms with Gasteiger partial charge in [-0.2, -0.15) is 5.26 Å². The first kappa shape index (κ1) is 17.5. The van der Waals surface area contributed by atoms with E-state index in [0.717, 1.165) is 0 Å². The minimum absolute atomic E-state index is 0.0325. The van der Waals surface area contributed by atoms with Gasteiger partial charge in [0.1, 0.15) is 17.5 Å². The molecule has 0 bridgehead atoms. The van der Waals surface area contributed by atoms with Gasteiger partial charge in [0.25, 0.3) is 11.4 Å². The summed E-state index contributed by atoms with van der Waals surface area (Å²) in [6.07, 6.45) is 0. The van der Waals surface area contributed by atoms with Gasteiger partial charge in [-0.25, -0.2) is 4.98 Å². The van der Waals surface area contributed by atoms with Crippen molar-refractivity contribution >= 4 is 17.2 Å². The van der Waals surface area contributed by atoms with Gasteiger partial charge >= 0.3 is 0 Å². The highest BCUT2D eigenvalue weighted by Gasteiger charge is 2.16. The number of nitrogens with zero attached hydrogens (tertiary/aromatic N) is 4. The Kier molecular flexibility index (Phi) is 4.47. The van der Waals surface area contributed by atoms with Crippen LogP contribution in [0.4, 0.5) is 17.2 Å². The summed E-state index contributed by atoms with van der Waals surface area (Å²) in [5.41, 5.74) is 7.60. The van der Waals surface area contributed by atoms with Crippen LogP contribution < -0.4 is 5.73 Å². The van der Waals surface area contributed by atoms with E-state index in [-0.39, 0.29) is 22.8 Å². The van der Waals surface area contributed by atoms with E-state index in [4.69, 9.17) is 5.73 Å². The van der Waals surface area contributed by atoms with Gasteiger partial charge in [0.05, 0.1) is 15.5 Å². The highest BCUT2D eigenvalue weighted by molar-refractivity contribution is 5.81. The Morgan fingerprint density at radius 2 is 1.59 bits per heavy atom. The van der Waals surface area contributed by atoms with Crippen LogP contribution in [0.2, 0.25) is 0 Å². The molecule has 0 radical (unpaired) electrons. The lowest BCUT2D eigenvalue weighted by Gasteiger charge is -2.10. The van der Waals surface area contributed by atoms with Crippen molar-refractivity contribution in [3.63, 3.8) is 0 Å². The summed E-state index contributed by atoms with van der Waals surface area (Å²) < 4.78 is 0. The number of nitro benzene ring substituents is 2. The Balaban J connectivity index is 2.17. The van der Waals surface area contributed by atoms with Crippen LogP contribution in [0.1, 0.15) is 5.56 Å². The van der Waals surface area contributed by atoms with Crippen LogP contribution in [0.25, 0.3) is 22.4 Å². The van der Waals surface area contributed by atoms with E-state index in [1.165, 1.54) is 42.5 Å². The number of anilines is 1. The molecule has 2 aromatic carbocycles. The zero-order valence-corrected chi connectivity index (χ0v) is 13.7. The molecule has 0 aliphatic rings. The van der Waals surface area contributed by atoms with Gasteiger partial charge in [0.2, 0.25) is 0 Å². The van der Waals surface area contributed by atoms with Crippen LogP contribution in [0.5, 0.6) is 0 Å². The van der Waals surface area contributed by atoms with Gasteiger partial charge in [0, 0.05) is 35.4 Å². The summed E-state index contributed by atoms with van der Waals surface area (Å²) in [5, 5.41) is 31.2. The van der Waals surface area contributed by atoms with Gasteiger partial charge in [-0.05, 0) is 23.8 Å². The van der Waals surface area contributed by atoms with Crippen LogP contribution in [0, 0.1) is 31.6 Å². The van der Waals surface area contributed by atoms with Crippen molar-refractivity contribution in [2.24, 2.45) is 0 Å². The molecule has 2 N–H and O–H groups in total. The van der Waals surface area contributed by atoms with Gasteiger partial charge in [-0.3, -0.25) is 20.2 Å². The Morgan fingerprint density at radius 1 is 0.926 bits per heavy atom. The smallest absolute Gasteiger partial charge is 0.270 e. The van der Waals surface area contributed by atoms with E-state index in [2.05, 4.69) is 4.98 Å².